The van der Waals surface area contributed by atoms with Gasteiger partial charge in [0.25, 0.3) is 0 Å². The largest absolute Gasteiger partial charge is 0.324 e. The maximum Gasteiger partial charge on any atom is 0.234 e. The minimum absolute atomic E-state index is 0.0244. The fraction of sp³-hybridized carbons (Fsp3) is 0.188. The van der Waals surface area contributed by atoms with Crippen LogP contribution in [0.1, 0.15) is 5.56 Å². The Morgan fingerprint density at radius 1 is 1.14 bits per heavy atom. The normalized spacial score (nSPS) is 10.4. The Kier molecular flexibility index (Phi) is 6.14. The van der Waals surface area contributed by atoms with Crippen LogP contribution < -0.4 is 5.32 Å². The lowest BCUT2D eigenvalue weighted by molar-refractivity contribution is -0.113. The van der Waals surface area contributed by atoms with Gasteiger partial charge in [-0.3, -0.25) is 4.79 Å². The van der Waals surface area contributed by atoms with Crippen molar-refractivity contribution < 1.29 is 9.18 Å². The summed E-state index contributed by atoms with van der Waals surface area (Å²) in [5.41, 5.74) is 1.86. The van der Waals surface area contributed by atoms with Gasteiger partial charge in [-0.05, 0) is 36.1 Å². The van der Waals surface area contributed by atoms with Gasteiger partial charge >= 0.3 is 0 Å². The van der Waals surface area contributed by atoms with Gasteiger partial charge in [-0.1, -0.05) is 24.3 Å². The fourth-order valence-electron chi connectivity index (χ4n) is 1.78. The van der Waals surface area contributed by atoms with Crippen LogP contribution in [0.25, 0.3) is 0 Å². The zero-order valence-corrected chi connectivity index (χ0v) is 13.3. The summed E-state index contributed by atoms with van der Waals surface area (Å²) in [6.45, 7) is 0. The van der Waals surface area contributed by atoms with E-state index in [4.69, 9.17) is 0 Å². The van der Waals surface area contributed by atoms with Crippen molar-refractivity contribution in [2.75, 3.05) is 17.3 Å². The molecule has 0 atom stereocenters. The van der Waals surface area contributed by atoms with Crippen LogP contribution >= 0.6 is 23.5 Å². The lowest BCUT2D eigenvalue weighted by Gasteiger charge is -2.09. The van der Waals surface area contributed by atoms with Gasteiger partial charge in [0, 0.05) is 10.6 Å². The molecule has 0 aliphatic heterocycles. The SMILES string of the molecule is CSc1ccccc1NC(=O)CSCc1ccc(F)cc1. The van der Waals surface area contributed by atoms with Gasteiger partial charge in [0.15, 0.2) is 0 Å². The van der Waals surface area contributed by atoms with Gasteiger partial charge in [0.1, 0.15) is 5.82 Å². The van der Waals surface area contributed by atoms with Crippen LogP contribution in [0, 0.1) is 5.82 Å². The number of para-hydroxylation sites is 1. The molecule has 0 unspecified atom stereocenters. The van der Waals surface area contributed by atoms with E-state index in [1.165, 1.54) is 23.9 Å². The fourth-order valence-corrected chi connectivity index (χ4v) is 3.12. The highest BCUT2D eigenvalue weighted by Gasteiger charge is 2.06. The third kappa shape index (κ3) is 5.10. The second-order valence-corrected chi connectivity index (χ2v) is 6.20. The zero-order valence-electron chi connectivity index (χ0n) is 11.6. The van der Waals surface area contributed by atoms with Crippen molar-refractivity contribution in [2.24, 2.45) is 0 Å². The number of amides is 1. The van der Waals surface area contributed by atoms with E-state index in [0.29, 0.717) is 11.5 Å². The minimum atomic E-state index is -0.241. The third-order valence-electron chi connectivity index (χ3n) is 2.80. The molecule has 1 N–H and O–H groups in total. The second kappa shape index (κ2) is 8.10. The number of hydrogen-bond donors (Lipinski definition) is 1. The molecule has 0 fully saturated rings. The first-order valence-electron chi connectivity index (χ1n) is 6.44. The molecule has 0 radical (unpaired) electrons. The predicted molar refractivity (Wildman–Crippen MR) is 89.4 cm³/mol. The first-order valence-corrected chi connectivity index (χ1v) is 8.82. The lowest BCUT2D eigenvalue weighted by Crippen LogP contribution is -2.14. The molecule has 0 aromatic heterocycles. The molecule has 110 valence electrons. The minimum Gasteiger partial charge on any atom is -0.324 e. The van der Waals surface area contributed by atoms with E-state index in [0.717, 1.165) is 16.1 Å². The maximum atomic E-state index is 12.8. The van der Waals surface area contributed by atoms with E-state index in [2.05, 4.69) is 5.32 Å². The van der Waals surface area contributed by atoms with Crippen molar-refractivity contribution >= 4 is 35.1 Å². The molecule has 0 saturated carbocycles. The van der Waals surface area contributed by atoms with E-state index in [1.54, 1.807) is 23.9 Å². The summed E-state index contributed by atoms with van der Waals surface area (Å²) in [7, 11) is 0. The Hall–Kier alpha value is -1.46. The molecule has 0 heterocycles. The average molecular weight is 321 g/mol. The Labute approximate surface area is 132 Å². The Morgan fingerprint density at radius 2 is 1.86 bits per heavy atom. The molecule has 1 amide bonds. The van der Waals surface area contributed by atoms with Crippen LogP contribution in [0.5, 0.6) is 0 Å². The molecule has 0 bridgehead atoms. The topological polar surface area (TPSA) is 29.1 Å². The molecule has 21 heavy (non-hydrogen) atoms. The van der Waals surface area contributed by atoms with Gasteiger partial charge in [0.2, 0.25) is 5.91 Å². The number of anilines is 1. The molecule has 2 aromatic carbocycles. The van der Waals surface area contributed by atoms with Crippen LogP contribution in [-0.2, 0) is 10.5 Å². The van der Waals surface area contributed by atoms with E-state index in [1.807, 2.05) is 30.5 Å². The first-order chi connectivity index (χ1) is 10.2. The van der Waals surface area contributed by atoms with Crippen LogP contribution in [0.15, 0.2) is 53.4 Å². The number of rotatable bonds is 6. The molecule has 2 aromatic rings. The monoisotopic (exact) mass is 321 g/mol. The number of benzene rings is 2. The van der Waals surface area contributed by atoms with Gasteiger partial charge in [-0.15, -0.1) is 23.5 Å². The van der Waals surface area contributed by atoms with Gasteiger partial charge in [0.05, 0.1) is 11.4 Å². The van der Waals surface area contributed by atoms with E-state index in [-0.39, 0.29) is 11.7 Å². The summed E-state index contributed by atoms with van der Waals surface area (Å²) >= 11 is 3.11. The number of carbonyl (C=O) groups excluding carboxylic acids is 1. The third-order valence-corrected chi connectivity index (χ3v) is 4.60. The Bertz CT molecular complexity index is 601. The lowest BCUT2D eigenvalue weighted by atomic mass is 10.2. The second-order valence-electron chi connectivity index (χ2n) is 4.37. The summed E-state index contributed by atoms with van der Waals surface area (Å²) in [4.78, 5) is 13.0. The number of carbonyl (C=O) groups is 1. The van der Waals surface area contributed by atoms with Crippen LogP contribution in [0.4, 0.5) is 10.1 Å². The highest BCUT2D eigenvalue weighted by atomic mass is 32.2. The molecule has 0 saturated heterocycles. The summed E-state index contributed by atoms with van der Waals surface area (Å²) in [6.07, 6.45) is 1.98. The summed E-state index contributed by atoms with van der Waals surface area (Å²) in [5.74, 6) is 0.802. The standard InChI is InChI=1S/C16H16FNOS2/c1-20-15-5-3-2-4-14(15)18-16(19)11-21-10-12-6-8-13(17)9-7-12/h2-9H,10-11H2,1H3,(H,18,19). The van der Waals surface area contributed by atoms with Crippen molar-refractivity contribution in [3.05, 3.63) is 59.9 Å². The Balaban J connectivity index is 1.81. The number of nitrogens with one attached hydrogen (secondary N) is 1. The zero-order chi connectivity index (χ0) is 15.1. The van der Waals surface area contributed by atoms with E-state index >= 15 is 0 Å². The molecule has 2 rings (SSSR count). The molecule has 2 nitrogen and oxygen atoms in total. The first kappa shape index (κ1) is 15.9. The number of hydrogen-bond acceptors (Lipinski definition) is 3. The van der Waals surface area contributed by atoms with Gasteiger partial charge in [-0.2, -0.15) is 0 Å². The van der Waals surface area contributed by atoms with Gasteiger partial charge in [-0.25, -0.2) is 4.39 Å². The van der Waals surface area contributed by atoms with Crippen LogP contribution in [0.3, 0.4) is 0 Å². The molecular formula is C16H16FNOS2. The smallest absolute Gasteiger partial charge is 0.234 e. The predicted octanol–water partition coefficient (Wildman–Crippen LogP) is 4.42. The Morgan fingerprint density at radius 3 is 2.57 bits per heavy atom. The summed E-state index contributed by atoms with van der Waals surface area (Å²) in [6, 6.07) is 14.1. The van der Waals surface area contributed by atoms with Crippen LogP contribution in [0.2, 0.25) is 0 Å². The molecule has 0 spiro atoms. The molecule has 5 heteroatoms. The van der Waals surface area contributed by atoms with Gasteiger partial charge < -0.3 is 5.32 Å². The highest BCUT2D eigenvalue weighted by Crippen LogP contribution is 2.24. The van der Waals surface area contributed by atoms with Crippen molar-refractivity contribution in [1.29, 1.82) is 0 Å². The van der Waals surface area contributed by atoms with Crippen LogP contribution in [-0.4, -0.2) is 17.9 Å². The van der Waals surface area contributed by atoms with Crippen molar-refractivity contribution in [2.45, 2.75) is 10.6 Å². The number of halogens is 1. The summed E-state index contributed by atoms with van der Waals surface area (Å²) in [5, 5.41) is 2.92. The van der Waals surface area contributed by atoms with Crippen molar-refractivity contribution in [3.8, 4) is 0 Å². The van der Waals surface area contributed by atoms with E-state index < -0.39 is 0 Å². The van der Waals surface area contributed by atoms with Crippen molar-refractivity contribution in [3.63, 3.8) is 0 Å². The molecular weight excluding hydrogens is 305 g/mol. The highest BCUT2D eigenvalue weighted by molar-refractivity contribution is 7.99. The van der Waals surface area contributed by atoms with E-state index in [9.17, 15) is 9.18 Å². The average Bonchev–Trinajstić information content (AvgIpc) is 2.50. The number of thioether (sulfide) groups is 2. The maximum absolute atomic E-state index is 12.8. The molecule has 0 aliphatic rings. The van der Waals surface area contributed by atoms with Crippen molar-refractivity contribution in [1.82, 2.24) is 0 Å². The quantitative estimate of drug-likeness (QED) is 0.799. The molecule has 0 aliphatic carbocycles. The summed E-state index contributed by atoms with van der Waals surface area (Å²) < 4.78 is 12.8.